The van der Waals surface area contributed by atoms with E-state index in [0.717, 1.165) is 0 Å². The van der Waals surface area contributed by atoms with Crippen LogP contribution in [0.5, 0.6) is 5.75 Å². The second-order valence-electron chi connectivity index (χ2n) is 4.85. The van der Waals surface area contributed by atoms with Gasteiger partial charge < -0.3 is 19.9 Å². The van der Waals surface area contributed by atoms with E-state index >= 15 is 0 Å². The van der Waals surface area contributed by atoms with Crippen molar-refractivity contribution >= 4 is 11.9 Å². The van der Waals surface area contributed by atoms with Crippen molar-refractivity contribution in [3.63, 3.8) is 0 Å². The van der Waals surface area contributed by atoms with Gasteiger partial charge in [-0.1, -0.05) is 5.21 Å². The molecule has 0 spiro atoms. The predicted octanol–water partition coefficient (Wildman–Crippen LogP) is 0.318. The first-order valence-corrected chi connectivity index (χ1v) is 7.19. The number of hydrogen-bond donors (Lipinski definition) is 2. The summed E-state index contributed by atoms with van der Waals surface area (Å²) in [6.07, 6.45) is 1.47. The maximum absolute atomic E-state index is 12.1. The van der Waals surface area contributed by atoms with Crippen molar-refractivity contribution in [3.05, 3.63) is 41.7 Å². The minimum absolute atomic E-state index is 0.157. The van der Waals surface area contributed by atoms with Crippen molar-refractivity contribution in [3.8, 4) is 5.75 Å². The van der Waals surface area contributed by atoms with E-state index in [-0.39, 0.29) is 19.0 Å². The Bertz CT molecular complexity index is 683. The molecule has 2 rings (SSSR count). The predicted molar refractivity (Wildman–Crippen MR) is 82.6 cm³/mol. The van der Waals surface area contributed by atoms with Crippen LogP contribution in [0.1, 0.15) is 16.1 Å². The number of carboxylic acids is 1. The van der Waals surface area contributed by atoms with Crippen LogP contribution in [0.15, 0.2) is 30.5 Å². The summed E-state index contributed by atoms with van der Waals surface area (Å²) in [7, 11) is 1.59. The summed E-state index contributed by atoms with van der Waals surface area (Å²) in [4.78, 5) is 22.6. The van der Waals surface area contributed by atoms with E-state index < -0.39 is 5.97 Å². The van der Waals surface area contributed by atoms with Crippen LogP contribution in [-0.2, 0) is 22.6 Å². The number of carboxylic acid groups (broad SMARTS) is 1. The lowest BCUT2D eigenvalue weighted by Gasteiger charge is -2.07. The molecule has 0 unspecified atom stereocenters. The molecule has 0 aliphatic rings. The summed E-state index contributed by atoms with van der Waals surface area (Å²) in [5.74, 6) is -0.630. The highest BCUT2D eigenvalue weighted by Gasteiger charge is 2.08. The van der Waals surface area contributed by atoms with E-state index in [4.69, 9.17) is 14.6 Å². The largest absolute Gasteiger partial charge is 0.491 e. The molecule has 0 fully saturated rings. The maximum atomic E-state index is 12.1. The van der Waals surface area contributed by atoms with Gasteiger partial charge in [0.15, 0.2) is 0 Å². The normalized spacial score (nSPS) is 10.4. The highest BCUT2D eigenvalue weighted by molar-refractivity contribution is 5.94. The van der Waals surface area contributed by atoms with Gasteiger partial charge in [0.2, 0.25) is 0 Å². The highest BCUT2D eigenvalue weighted by Crippen LogP contribution is 2.12. The van der Waals surface area contributed by atoms with Crippen LogP contribution in [-0.4, -0.2) is 52.3 Å². The van der Waals surface area contributed by atoms with Gasteiger partial charge >= 0.3 is 5.97 Å². The molecule has 128 valence electrons. The molecule has 1 aromatic carbocycles. The summed E-state index contributed by atoms with van der Waals surface area (Å²) < 4.78 is 11.5. The molecule has 0 radical (unpaired) electrons. The molecule has 1 aromatic heterocycles. The molecular formula is C15H18N4O5. The Morgan fingerprint density at radius 3 is 2.67 bits per heavy atom. The van der Waals surface area contributed by atoms with Crippen molar-refractivity contribution in [2.75, 3.05) is 20.3 Å². The summed E-state index contributed by atoms with van der Waals surface area (Å²) >= 11 is 0. The van der Waals surface area contributed by atoms with Crippen LogP contribution in [0, 0.1) is 0 Å². The molecule has 9 nitrogen and oxygen atoms in total. The molecule has 0 saturated carbocycles. The molecule has 1 heterocycles. The fourth-order valence-corrected chi connectivity index (χ4v) is 1.85. The number of nitrogens with zero attached hydrogens (tertiary/aromatic N) is 3. The quantitative estimate of drug-likeness (QED) is 0.634. The molecule has 0 aliphatic heterocycles. The van der Waals surface area contributed by atoms with E-state index in [1.807, 2.05) is 0 Å². The van der Waals surface area contributed by atoms with Gasteiger partial charge in [-0.05, 0) is 24.3 Å². The van der Waals surface area contributed by atoms with Gasteiger partial charge in [0.1, 0.15) is 24.6 Å². The van der Waals surface area contributed by atoms with Gasteiger partial charge in [0, 0.05) is 12.7 Å². The number of rotatable bonds is 9. The van der Waals surface area contributed by atoms with E-state index in [1.165, 1.54) is 10.9 Å². The zero-order valence-electron chi connectivity index (χ0n) is 13.1. The number of benzene rings is 1. The Morgan fingerprint density at radius 1 is 1.25 bits per heavy atom. The Hall–Kier alpha value is -2.94. The molecular weight excluding hydrogens is 316 g/mol. The van der Waals surface area contributed by atoms with Crippen LogP contribution in [0.3, 0.4) is 0 Å². The molecule has 0 saturated heterocycles. The van der Waals surface area contributed by atoms with Gasteiger partial charge in [0.25, 0.3) is 5.91 Å². The lowest BCUT2D eigenvalue weighted by molar-refractivity contribution is -0.137. The maximum Gasteiger partial charge on any atom is 0.325 e. The van der Waals surface area contributed by atoms with Crippen LogP contribution in [0.25, 0.3) is 0 Å². The zero-order chi connectivity index (χ0) is 17.4. The first-order valence-electron chi connectivity index (χ1n) is 7.19. The number of carbonyl (C=O) groups is 2. The summed E-state index contributed by atoms with van der Waals surface area (Å²) in [5, 5.41) is 18.8. The minimum atomic E-state index is -1.01. The highest BCUT2D eigenvalue weighted by atomic mass is 16.5. The number of aromatic nitrogens is 3. The Balaban J connectivity index is 1.83. The molecule has 24 heavy (non-hydrogen) atoms. The van der Waals surface area contributed by atoms with Crippen LogP contribution >= 0.6 is 0 Å². The lowest BCUT2D eigenvalue weighted by atomic mass is 10.2. The third-order valence-electron chi connectivity index (χ3n) is 2.99. The van der Waals surface area contributed by atoms with Crippen molar-refractivity contribution in [1.29, 1.82) is 0 Å². The summed E-state index contributed by atoms with van der Waals surface area (Å²) in [6, 6.07) is 6.71. The Morgan fingerprint density at radius 2 is 2.00 bits per heavy atom. The average Bonchev–Trinajstić information content (AvgIpc) is 3.00. The Kier molecular flexibility index (Phi) is 6.26. The first-order chi connectivity index (χ1) is 11.6. The number of aliphatic carboxylic acids is 1. The van der Waals surface area contributed by atoms with E-state index in [2.05, 4.69) is 15.6 Å². The second-order valence-corrected chi connectivity index (χ2v) is 4.85. The third-order valence-corrected chi connectivity index (χ3v) is 2.99. The van der Waals surface area contributed by atoms with E-state index in [0.29, 0.717) is 30.2 Å². The Labute approximate surface area is 138 Å². The molecule has 0 aliphatic carbocycles. The second kappa shape index (κ2) is 8.63. The van der Waals surface area contributed by atoms with Gasteiger partial charge in [-0.3, -0.25) is 9.59 Å². The average molecular weight is 334 g/mol. The summed E-state index contributed by atoms with van der Waals surface area (Å²) in [6.45, 7) is 0.814. The molecule has 0 bridgehead atoms. The fourth-order valence-electron chi connectivity index (χ4n) is 1.85. The van der Waals surface area contributed by atoms with Crippen molar-refractivity contribution < 1.29 is 24.2 Å². The SMILES string of the molecule is COCCOc1ccc(C(=O)NCc2cn(CC(=O)O)nn2)cc1. The lowest BCUT2D eigenvalue weighted by Crippen LogP contribution is -2.22. The van der Waals surface area contributed by atoms with Crippen molar-refractivity contribution in [2.45, 2.75) is 13.1 Å². The van der Waals surface area contributed by atoms with Gasteiger partial charge in [-0.25, -0.2) is 4.68 Å². The molecule has 0 atom stereocenters. The first kappa shape index (κ1) is 17.4. The third kappa shape index (κ3) is 5.36. The number of methoxy groups -OCH3 is 1. The van der Waals surface area contributed by atoms with E-state index in [1.54, 1.807) is 31.4 Å². The van der Waals surface area contributed by atoms with Crippen LogP contribution in [0.4, 0.5) is 0 Å². The number of ether oxygens (including phenoxy) is 2. The van der Waals surface area contributed by atoms with Gasteiger partial charge in [-0.2, -0.15) is 0 Å². The van der Waals surface area contributed by atoms with Gasteiger partial charge in [0.05, 0.1) is 19.3 Å². The monoisotopic (exact) mass is 334 g/mol. The van der Waals surface area contributed by atoms with E-state index in [9.17, 15) is 9.59 Å². The zero-order valence-corrected chi connectivity index (χ0v) is 13.1. The topological polar surface area (TPSA) is 116 Å². The molecule has 9 heteroatoms. The fraction of sp³-hybridized carbons (Fsp3) is 0.333. The number of hydrogen-bond acceptors (Lipinski definition) is 6. The minimum Gasteiger partial charge on any atom is -0.491 e. The van der Waals surface area contributed by atoms with Crippen molar-refractivity contribution in [2.24, 2.45) is 0 Å². The number of nitrogens with one attached hydrogen (secondary N) is 1. The number of carbonyl (C=O) groups excluding carboxylic acids is 1. The molecule has 2 aromatic rings. The molecule has 1 amide bonds. The van der Waals surface area contributed by atoms with Crippen LogP contribution in [0.2, 0.25) is 0 Å². The summed E-state index contributed by atoms with van der Waals surface area (Å²) in [5.41, 5.74) is 0.955. The number of amides is 1. The van der Waals surface area contributed by atoms with Gasteiger partial charge in [-0.15, -0.1) is 5.10 Å². The standard InChI is InChI=1S/C15H18N4O5/c1-23-6-7-24-13-4-2-11(3-5-13)15(22)16-8-12-9-19(18-17-12)10-14(20)21/h2-5,9H,6-8,10H2,1H3,(H,16,22)(H,20,21). The van der Waals surface area contributed by atoms with Crippen molar-refractivity contribution in [1.82, 2.24) is 20.3 Å². The smallest absolute Gasteiger partial charge is 0.325 e. The van der Waals surface area contributed by atoms with Crippen LogP contribution < -0.4 is 10.1 Å². The molecule has 2 N–H and O–H groups in total.